The molecular formula is C26H27N5O5S2. The SMILES string of the molecule is CNc1ncc2ncn(COC(COC(=S)OCc3ccccc3)COC(=S)OCc3ccccc3)c2n1. The number of anilines is 1. The maximum atomic E-state index is 6.06. The number of imidazole rings is 1. The van der Waals surface area contributed by atoms with Gasteiger partial charge in [-0.25, -0.2) is 9.97 Å². The fourth-order valence-electron chi connectivity index (χ4n) is 3.24. The summed E-state index contributed by atoms with van der Waals surface area (Å²) < 4.78 is 30.2. The first-order valence-corrected chi connectivity index (χ1v) is 12.6. The van der Waals surface area contributed by atoms with E-state index in [1.54, 1.807) is 24.1 Å². The van der Waals surface area contributed by atoms with Gasteiger partial charge >= 0.3 is 10.5 Å². The van der Waals surface area contributed by atoms with E-state index in [-0.39, 0.29) is 30.4 Å². The van der Waals surface area contributed by atoms with E-state index >= 15 is 0 Å². The standard InChI is InChI=1S/C26H27N5O5S2/c1-27-24-28-12-22-23(30-24)31(17-29-22)18-36-21(15-34-25(37)32-13-19-8-4-2-5-9-19)16-35-26(38)33-14-20-10-6-3-7-11-20/h2-12,17,21H,13-16,18H2,1H3,(H,27,28,30). The lowest BCUT2D eigenvalue weighted by Crippen LogP contribution is -2.29. The molecule has 2 aromatic heterocycles. The molecule has 4 rings (SSSR count). The third kappa shape index (κ3) is 8.33. The lowest BCUT2D eigenvalue weighted by atomic mass is 10.2. The number of hydrogen-bond acceptors (Lipinski definition) is 11. The van der Waals surface area contributed by atoms with Crippen molar-refractivity contribution in [2.45, 2.75) is 26.0 Å². The molecule has 0 aliphatic carbocycles. The van der Waals surface area contributed by atoms with E-state index in [4.69, 9.17) is 48.1 Å². The van der Waals surface area contributed by atoms with Crippen LogP contribution in [0.3, 0.4) is 0 Å². The van der Waals surface area contributed by atoms with E-state index in [1.165, 1.54) is 0 Å². The zero-order chi connectivity index (χ0) is 26.6. The Morgan fingerprint density at radius 3 is 1.97 bits per heavy atom. The second kappa shape index (κ2) is 14.2. The number of hydrogen-bond donors (Lipinski definition) is 1. The number of aromatic nitrogens is 4. The summed E-state index contributed by atoms with van der Waals surface area (Å²) in [5.41, 5.74) is 3.21. The van der Waals surface area contributed by atoms with Gasteiger partial charge in [-0.3, -0.25) is 4.57 Å². The van der Waals surface area contributed by atoms with Crippen molar-refractivity contribution >= 4 is 52.0 Å². The Morgan fingerprint density at radius 1 is 0.842 bits per heavy atom. The van der Waals surface area contributed by atoms with Crippen LogP contribution in [0.25, 0.3) is 11.2 Å². The van der Waals surface area contributed by atoms with Crippen LogP contribution in [0.5, 0.6) is 0 Å². The number of thiocarbonyl (C=S) groups is 2. The topological polar surface area (TPSA) is 102 Å². The van der Waals surface area contributed by atoms with Crippen LogP contribution in [-0.2, 0) is 43.6 Å². The third-order valence-electron chi connectivity index (χ3n) is 5.20. The van der Waals surface area contributed by atoms with Gasteiger partial charge in [-0.15, -0.1) is 0 Å². The van der Waals surface area contributed by atoms with Gasteiger partial charge in [-0.05, 0) is 11.1 Å². The Balaban J connectivity index is 1.32. The first kappa shape index (κ1) is 27.2. The molecule has 0 radical (unpaired) electrons. The molecule has 0 aliphatic heterocycles. The highest BCUT2D eigenvalue weighted by Gasteiger charge is 2.16. The molecule has 0 amide bonds. The summed E-state index contributed by atoms with van der Waals surface area (Å²) in [5, 5.41) is 2.92. The Labute approximate surface area is 230 Å². The minimum absolute atomic E-state index is 0.00448. The van der Waals surface area contributed by atoms with E-state index in [9.17, 15) is 0 Å². The summed E-state index contributed by atoms with van der Waals surface area (Å²) in [6, 6.07) is 19.3. The average molecular weight is 554 g/mol. The summed E-state index contributed by atoms with van der Waals surface area (Å²) in [5.74, 6) is 0.476. The van der Waals surface area contributed by atoms with E-state index in [2.05, 4.69) is 20.3 Å². The fraction of sp³-hybridized carbons (Fsp3) is 0.269. The van der Waals surface area contributed by atoms with E-state index < -0.39 is 6.10 Å². The Hall–Kier alpha value is -3.87. The molecular weight excluding hydrogens is 526 g/mol. The highest BCUT2D eigenvalue weighted by molar-refractivity contribution is 7.79. The van der Waals surface area contributed by atoms with Gasteiger partial charge in [0.15, 0.2) is 5.65 Å². The molecule has 2 heterocycles. The predicted octanol–water partition coefficient (Wildman–Crippen LogP) is 4.25. The van der Waals surface area contributed by atoms with Crippen molar-refractivity contribution < 1.29 is 23.7 Å². The number of ether oxygens (including phenoxy) is 5. The molecule has 0 bridgehead atoms. The molecule has 0 fully saturated rings. The minimum atomic E-state index is -0.561. The Bertz CT molecular complexity index is 1260. The molecule has 1 N–H and O–H groups in total. The lowest BCUT2D eigenvalue weighted by molar-refractivity contribution is -0.0522. The Kier molecular flexibility index (Phi) is 10.1. The first-order valence-electron chi connectivity index (χ1n) is 11.7. The first-order chi connectivity index (χ1) is 18.6. The zero-order valence-corrected chi connectivity index (χ0v) is 22.3. The van der Waals surface area contributed by atoms with Crippen LogP contribution in [-0.4, -0.2) is 56.4 Å². The summed E-state index contributed by atoms with van der Waals surface area (Å²) in [6.07, 6.45) is 2.70. The summed E-state index contributed by atoms with van der Waals surface area (Å²) in [6.45, 7) is 0.862. The molecule has 2 aromatic carbocycles. The van der Waals surface area contributed by atoms with E-state index in [1.807, 2.05) is 60.7 Å². The van der Waals surface area contributed by atoms with Crippen LogP contribution in [0.2, 0.25) is 0 Å². The summed E-state index contributed by atoms with van der Waals surface area (Å²) >= 11 is 10.5. The van der Waals surface area contributed by atoms with Gasteiger partial charge in [-0.1, -0.05) is 60.7 Å². The van der Waals surface area contributed by atoms with Gasteiger partial charge in [0.25, 0.3) is 0 Å². The molecule has 0 saturated heterocycles. The highest BCUT2D eigenvalue weighted by Crippen LogP contribution is 2.12. The maximum Gasteiger partial charge on any atom is 0.352 e. The number of benzene rings is 2. The predicted molar refractivity (Wildman–Crippen MR) is 149 cm³/mol. The van der Waals surface area contributed by atoms with Crippen LogP contribution in [0.4, 0.5) is 5.95 Å². The monoisotopic (exact) mass is 553 g/mol. The lowest BCUT2D eigenvalue weighted by Gasteiger charge is -2.20. The van der Waals surface area contributed by atoms with Crippen molar-refractivity contribution in [2.75, 3.05) is 25.6 Å². The minimum Gasteiger partial charge on any atom is -0.454 e. The van der Waals surface area contributed by atoms with E-state index in [0.717, 1.165) is 11.1 Å². The van der Waals surface area contributed by atoms with Crippen molar-refractivity contribution in [2.24, 2.45) is 0 Å². The molecule has 198 valence electrons. The van der Waals surface area contributed by atoms with Gasteiger partial charge in [0.1, 0.15) is 44.8 Å². The summed E-state index contributed by atoms with van der Waals surface area (Å²) in [4.78, 5) is 12.9. The van der Waals surface area contributed by atoms with Crippen molar-refractivity contribution in [1.29, 1.82) is 0 Å². The number of rotatable bonds is 12. The van der Waals surface area contributed by atoms with Crippen LogP contribution in [0, 0.1) is 0 Å². The van der Waals surface area contributed by atoms with Crippen LogP contribution < -0.4 is 5.32 Å². The fourth-order valence-corrected chi connectivity index (χ4v) is 3.49. The second-order valence-electron chi connectivity index (χ2n) is 7.96. The third-order valence-corrected chi connectivity index (χ3v) is 5.68. The molecule has 10 nitrogen and oxygen atoms in total. The smallest absolute Gasteiger partial charge is 0.352 e. The van der Waals surface area contributed by atoms with Gasteiger partial charge in [-0.2, -0.15) is 4.98 Å². The maximum absolute atomic E-state index is 6.06. The molecule has 0 aliphatic rings. The van der Waals surface area contributed by atoms with Crippen molar-refractivity contribution in [3.05, 3.63) is 84.3 Å². The van der Waals surface area contributed by atoms with E-state index in [0.29, 0.717) is 30.3 Å². The molecule has 12 heteroatoms. The number of nitrogens with one attached hydrogen (secondary N) is 1. The zero-order valence-electron chi connectivity index (χ0n) is 20.7. The molecule has 0 unspecified atom stereocenters. The van der Waals surface area contributed by atoms with Gasteiger partial charge < -0.3 is 29.0 Å². The Morgan fingerprint density at radius 2 is 1.42 bits per heavy atom. The summed E-state index contributed by atoms with van der Waals surface area (Å²) in [7, 11) is 1.74. The van der Waals surface area contributed by atoms with Gasteiger partial charge in [0.2, 0.25) is 5.95 Å². The van der Waals surface area contributed by atoms with Crippen molar-refractivity contribution in [1.82, 2.24) is 19.5 Å². The van der Waals surface area contributed by atoms with Crippen molar-refractivity contribution in [3.8, 4) is 0 Å². The highest BCUT2D eigenvalue weighted by atomic mass is 32.1. The normalized spacial score (nSPS) is 10.8. The van der Waals surface area contributed by atoms with Crippen LogP contribution >= 0.6 is 24.4 Å². The molecule has 0 spiro atoms. The molecule has 38 heavy (non-hydrogen) atoms. The average Bonchev–Trinajstić information content (AvgIpc) is 3.37. The van der Waals surface area contributed by atoms with Crippen molar-refractivity contribution in [3.63, 3.8) is 0 Å². The quantitative estimate of drug-likeness (QED) is 0.255. The second-order valence-corrected chi connectivity index (χ2v) is 8.62. The van der Waals surface area contributed by atoms with Crippen LogP contribution in [0.1, 0.15) is 11.1 Å². The molecule has 0 saturated carbocycles. The molecule has 0 atom stereocenters. The number of fused-ring (bicyclic) bond motifs is 1. The van der Waals surface area contributed by atoms with Crippen LogP contribution in [0.15, 0.2) is 73.2 Å². The van der Waals surface area contributed by atoms with Gasteiger partial charge in [0, 0.05) is 31.5 Å². The van der Waals surface area contributed by atoms with Gasteiger partial charge in [0.05, 0.1) is 12.5 Å². The number of nitrogens with zero attached hydrogens (tertiary/aromatic N) is 4. The largest absolute Gasteiger partial charge is 0.454 e. The molecule has 4 aromatic rings.